The zero-order chi connectivity index (χ0) is 44.7. The summed E-state index contributed by atoms with van der Waals surface area (Å²) in [4.78, 5) is 0. The van der Waals surface area contributed by atoms with E-state index in [2.05, 4.69) is 204 Å². The zero-order valence-corrected chi connectivity index (χ0v) is 47.4. The maximum absolute atomic E-state index is 2.95. The van der Waals surface area contributed by atoms with Crippen LogP contribution in [-0.4, -0.2) is 8.07 Å². The molecule has 338 valence electrons. The average molecular weight is 973 g/mol. The van der Waals surface area contributed by atoms with Crippen molar-refractivity contribution in [2.45, 2.75) is 132 Å². The molecule has 7 aromatic carbocycles. The first-order valence-corrected chi connectivity index (χ1v) is 24.5. The van der Waals surface area contributed by atoms with E-state index in [0.29, 0.717) is 0 Å². The molecule has 5 heteroatoms. The maximum atomic E-state index is 2.51. The van der Waals surface area contributed by atoms with Crippen LogP contribution in [0.5, 0.6) is 0 Å². The molecule has 0 fully saturated rings. The van der Waals surface area contributed by atoms with Crippen molar-refractivity contribution in [3.63, 3.8) is 0 Å². The zero-order valence-electron chi connectivity index (χ0n) is 42.6. The quantitative estimate of drug-likeness (QED) is 0.124. The summed E-state index contributed by atoms with van der Waals surface area (Å²) in [5.41, 5.74) is 34.7. The van der Waals surface area contributed by atoms with Gasteiger partial charge in [0.2, 0.25) is 0 Å². The fourth-order valence-electron chi connectivity index (χ4n) is 11.2. The summed E-state index contributed by atoms with van der Waals surface area (Å²) in [6, 6.07) is 29.6. The number of benzene rings is 6. The smallest absolute Gasteiger partial charge is 1.00 e. The Labute approximate surface area is 428 Å². The van der Waals surface area contributed by atoms with Crippen molar-refractivity contribution in [3.8, 4) is 33.4 Å². The van der Waals surface area contributed by atoms with Gasteiger partial charge in [0.05, 0.1) is 0 Å². The van der Waals surface area contributed by atoms with Crippen LogP contribution < -0.4 is 58.0 Å². The molecule has 0 aliphatic heterocycles. The molecule has 0 spiro atoms. The standard InChI is InChI=1S/C60H69Si.3ClH.Ti/c1-32-35(4)43(12)57(44(13)36(32)5)51-20-26-54(27-21-51)61(60-49(18)41(10)42(11)50(60)19,55-28-22-52(23-29-55)58-45(14)37(6)33(2)38(7)46(58)15)56-30-24-53(25-31-56)59-47(16)39(8)34(3)40(9)48(59)17;;;;/h20-31H,1-19H3;3*1H;/q-1;;;;+4/p-3. The van der Waals surface area contributed by atoms with E-state index in [-0.39, 0.29) is 58.9 Å². The van der Waals surface area contributed by atoms with Gasteiger partial charge < -0.3 is 37.2 Å². The summed E-state index contributed by atoms with van der Waals surface area (Å²) in [7, 11) is -2.95. The Hall–Kier alpha value is -3.53. The summed E-state index contributed by atoms with van der Waals surface area (Å²) in [5, 5.41) is 5.81. The van der Waals surface area contributed by atoms with E-state index in [4.69, 9.17) is 0 Å². The number of rotatable bonds is 7. The van der Waals surface area contributed by atoms with Crippen LogP contribution in [-0.2, 0) is 21.7 Å². The van der Waals surface area contributed by atoms with Crippen LogP contribution in [0.25, 0.3) is 33.4 Å². The van der Waals surface area contributed by atoms with E-state index in [9.17, 15) is 0 Å². The van der Waals surface area contributed by atoms with Gasteiger partial charge in [0.1, 0.15) is 0 Å². The fourth-order valence-corrected chi connectivity index (χ4v) is 16.5. The minimum absolute atomic E-state index is 0. The van der Waals surface area contributed by atoms with Crippen molar-refractivity contribution in [3.05, 3.63) is 179 Å². The SMILES string of the molecule is Cc1c(C)c(C)c(-c2ccc([Si](c3ccc(-c4c(C)c(C)c(C)c(C)c4C)cc3)(c3ccc(-c4c(C)c(C)c(C)c(C)c4C)cc3)c3c(C)c(C)c(C)[c-]3C)cc2)c(C)c1C.[Cl-].[Cl-].[Cl-].[Ti+4]. The molecule has 0 radical (unpaired) electrons. The first-order valence-electron chi connectivity index (χ1n) is 22.5. The topological polar surface area (TPSA) is 0 Å². The molecule has 0 bridgehead atoms. The van der Waals surface area contributed by atoms with Crippen LogP contribution >= 0.6 is 0 Å². The Kier molecular flexibility index (Phi) is 17.8. The summed E-state index contributed by atoms with van der Waals surface area (Å²) in [6.07, 6.45) is 0. The summed E-state index contributed by atoms with van der Waals surface area (Å²) < 4.78 is 0. The molecule has 0 amide bonds. The second-order valence-corrected chi connectivity index (χ2v) is 22.6. The van der Waals surface area contributed by atoms with Gasteiger partial charge in [0.15, 0.2) is 8.07 Å². The molecular formula is C60H69Cl3SiTi. The molecule has 7 aromatic rings. The first-order chi connectivity index (χ1) is 28.7. The van der Waals surface area contributed by atoms with Gasteiger partial charge in [0, 0.05) is 0 Å². The van der Waals surface area contributed by atoms with Gasteiger partial charge in [-0.25, -0.2) is 0 Å². The maximum Gasteiger partial charge on any atom is 4.00 e. The summed E-state index contributed by atoms with van der Waals surface area (Å²) in [6.45, 7) is 43.9. The summed E-state index contributed by atoms with van der Waals surface area (Å²) in [5.74, 6) is 0. The molecule has 65 heavy (non-hydrogen) atoms. The molecule has 0 saturated heterocycles. The van der Waals surface area contributed by atoms with Crippen molar-refractivity contribution in [1.29, 1.82) is 0 Å². The Morgan fingerprint density at radius 2 is 0.477 bits per heavy atom. The van der Waals surface area contributed by atoms with E-state index < -0.39 is 8.07 Å². The largest absolute Gasteiger partial charge is 4.00 e. The minimum Gasteiger partial charge on any atom is -1.00 e. The van der Waals surface area contributed by atoms with Gasteiger partial charge in [-0.15, -0.1) is 0 Å². The number of halogens is 3. The molecule has 0 aliphatic rings. The van der Waals surface area contributed by atoms with Crippen molar-refractivity contribution < 1.29 is 58.9 Å². The Bertz CT molecular complexity index is 2530. The van der Waals surface area contributed by atoms with E-state index in [0.717, 1.165) is 0 Å². The third-order valence-electron chi connectivity index (χ3n) is 16.6. The Balaban J connectivity index is 0.00000281. The molecule has 0 atom stereocenters. The molecule has 0 saturated carbocycles. The second-order valence-electron chi connectivity index (χ2n) is 18.9. The van der Waals surface area contributed by atoms with Crippen molar-refractivity contribution >= 4 is 28.8 Å². The molecule has 0 N–H and O–H groups in total. The number of hydrogen-bond acceptors (Lipinski definition) is 0. The van der Waals surface area contributed by atoms with E-state index in [1.807, 2.05) is 0 Å². The van der Waals surface area contributed by atoms with Gasteiger partial charge in [0.25, 0.3) is 0 Å². The van der Waals surface area contributed by atoms with Gasteiger partial charge >= 0.3 is 21.7 Å². The molecule has 0 unspecified atom stereocenters. The predicted molar refractivity (Wildman–Crippen MR) is 272 cm³/mol. The summed E-state index contributed by atoms with van der Waals surface area (Å²) >= 11 is 0. The third-order valence-corrected chi connectivity index (χ3v) is 21.7. The third kappa shape index (κ3) is 8.66. The molecule has 0 aromatic heterocycles. The van der Waals surface area contributed by atoms with Crippen LogP contribution in [0.1, 0.15) is 106 Å². The molecule has 0 nitrogen and oxygen atoms in total. The first kappa shape index (κ1) is 55.8. The molecule has 7 rings (SSSR count). The van der Waals surface area contributed by atoms with Gasteiger partial charge in [-0.2, -0.15) is 27.4 Å². The van der Waals surface area contributed by atoms with Crippen LogP contribution in [0.4, 0.5) is 0 Å². The Morgan fingerprint density at radius 1 is 0.277 bits per heavy atom. The van der Waals surface area contributed by atoms with Crippen LogP contribution in [0.3, 0.4) is 0 Å². The van der Waals surface area contributed by atoms with Crippen molar-refractivity contribution in [2.75, 3.05) is 0 Å². The van der Waals surface area contributed by atoms with Gasteiger partial charge in [-0.3, -0.25) is 0 Å². The van der Waals surface area contributed by atoms with E-state index >= 15 is 0 Å². The molecule has 0 aliphatic carbocycles. The second kappa shape index (κ2) is 20.8. The monoisotopic (exact) mass is 970 g/mol. The van der Waals surface area contributed by atoms with Gasteiger partial charge in [-0.05, 0) is 236 Å². The van der Waals surface area contributed by atoms with Gasteiger partial charge in [-0.1, -0.05) is 100 Å². The average Bonchev–Trinajstić information content (AvgIpc) is 3.45. The van der Waals surface area contributed by atoms with Crippen LogP contribution in [0, 0.1) is 132 Å². The van der Waals surface area contributed by atoms with Crippen molar-refractivity contribution in [2.24, 2.45) is 0 Å². The predicted octanol–water partition coefficient (Wildman–Crippen LogP) is 4.65. The number of hydrogen-bond donors (Lipinski definition) is 0. The molecule has 0 heterocycles. The van der Waals surface area contributed by atoms with E-state index in [1.165, 1.54) is 160 Å². The normalized spacial score (nSPS) is 11.1. The van der Waals surface area contributed by atoms with Crippen LogP contribution in [0.2, 0.25) is 0 Å². The fraction of sp³-hybridized carbons (Fsp3) is 0.317. The minimum atomic E-state index is -2.95. The van der Waals surface area contributed by atoms with Crippen molar-refractivity contribution in [1.82, 2.24) is 0 Å². The Morgan fingerprint density at radius 3 is 0.662 bits per heavy atom. The van der Waals surface area contributed by atoms with E-state index in [1.54, 1.807) is 0 Å². The molecular weight excluding hydrogens is 903 g/mol. The van der Waals surface area contributed by atoms with Crippen LogP contribution in [0.15, 0.2) is 72.8 Å².